The molecule has 1 spiro atoms. The van der Waals surface area contributed by atoms with Crippen molar-refractivity contribution in [3.05, 3.63) is 47.1 Å². The van der Waals surface area contributed by atoms with Crippen molar-refractivity contribution in [2.45, 2.75) is 12.0 Å². The summed E-state index contributed by atoms with van der Waals surface area (Å²) in [5.74, 6) is 2.20. The first-order chi connectivity index (χ1) is 14.6. The lowest BCUT2D eigenvalue weighted by Gasteiger charge is -2.44. The first-order valence-corrected chi connectivity index (χ1v) is 10.2. The largest absolute Gasteiger partial charge is 0.501 e. The minimum Gasteiger partial charge on any atom is -0.501 e. The second kappa shape index (κ2) is 7.02. The van der Waals surface area contributed by atoms with Gasteiger partial charge in [-0.1, -0.05) is 6.07 Å². The van der Waals surface area contributed by atoms with E-state index < -0.39 is 5.60 Å². The van der Waals surface area contributed by atoms with Gasteiger partial charge in [0.05, 0.1) is 38.3 Å². The van der Waals surface area contributed by atoms with E-state index in [1.54, 1.807) is 21.3 Å². The van der Waals surface area contributed by atoms with Crippen LogP contribution in [0.1, 0.15) is 12.1 Å². The second-order valence-electron chi connectivity index (χ2n) is 7.84. The standard InChI is InChI=1S/C22H27N4O4/c1-27-14-11-18(28-2)15(13-23)22(12-14,29-3)20-19-16-5-4-6-17(19)26(21(24-16)25-20)7-9-30-10-8-26/h4-6,11H,7-10,12-13,23H2,1-3H3/q+1. The van der Waals surface area contributed by atoms with E-state index in [0.29, 0.717) is 29.9 Å². The Kier molecular flexibility index (Phi) is 4.55. The molecule has 0 amide bonds. The van der Waals surface area contributed by atoms with Gasteiger partial charge in [-0.2, -0.15) is 9.97 Å². The summed E-state index contributed by atoms with van der Waals surface area (Å²) in [7, 11) is 4.98. The lowest BCUT2D eigenvalue weighted by Crippen LogP contribution is -2.55. The van der Waals surface area contributed by atoms with Crippen molar-refractivity contribution in [3.63, 3.8) is 0 Å². The van der Waals surface area contributed by atoms with Crippen LogP contribution in [-0.2, 0) is 24.5 Å². The van der Waals surface area contributed by atoms with Gasteiger partial charge in [-0.15, -0.1) is 0 Å². The van der Waals surface area contributed by atoms with E-state index in [1.807, 2.05) is 12.1 Å². The summed E-state index contributed by atoms with van der Waals surface area (Å²) in [6.07, 6.45) is 2.37. The Morgan fingerprint density at radius 1 is 1.13 bits per heavy atom. The highest BCUT2D eigenvalue weighted by Crippen LogP contribution is 2.52. The van der Waals surface area contributed by atoms with Crippen LogP contribution >= 0.6 is 0 Å². The lowest BCUT2D eigenvalue weighted by atomic mass is 9.79. The minimum atomic E-state index is -0.886. The second-order valence-corrected chi connectivity index (χ2v) is 7.84. The first-order valence-electron chi connectivity index (χ1n) is 10.2. The van der Waals surface area contributed by atoms with Crippen molar-refractivity contribution < 1.29 is 18.9 Å². The number of nitrogens with zero attached hydrogens (tertiary/aromatic N) is 3. The third-order valence-electron chi connectivity index (χ3n) is 6.69. The highest BCUT2D eigenvalue weighted by molar-refractivity contribution is 5.98. The molecule has 4 heterocycles. The highest BCUT2D eigenvalue weighted by atomic mass is 16.5. The Balaban J connectivity index is 1.80. The molecule has 8 heteroatoms. The molecule has 2 N–H and O–H groups in total. The van der Waals surface area contributed by atoms with Gasteiger partial charge in [0.15, 0.2) is 5.69 Å². The fourth-order valence-electron chi connectivity index (χ4n) is 5.13. The predicted octanol–water partition coefficient (Wildman–Crippen LogP) is 2.25. The summed E-state index contributed by atoms with van der Waals surface area (Å²) in [5, 5.41) is 1.02. The number of nitrogens with two attached hydrogens (primary N) is 1. The molecule has 1 saturated heterocycles. The van der Waals surface area contributed by atoms with Gasteiger partial charge < -0.3 is 24.7 Å². The normalized spacial score (nSPS) is 24.6. The fraction of sp³-hybridized carbons (Fsp3) is 0.455. The summed E-state index contributed by atoms with van der Waals surface area (Å²) < 4.78 is 23.8. The number of fused-ring (bicyclic) bond motifs is 1. The molecule has 4 bridgehead atoms. The molecule has 0 saturated carbocycles. The Hall–Kier alpha value is -2.52. The van der Waals surface area contributed by atoms with Gasteiger partial charge >= 0.3 is 5.95 Å². The summed E-state index contributed by atoms with van der Waals surface area (Å²) in [5.41, 5.74) is 9.14. The molecule has 1 aromatic heterocycles. The van der Waals surface area contributed by atoms with Crippen molar-refractivity contribution in [2.24, 2.45) is 5.73 Å². The van der Waals surface area contributed by atoms with E-state index in [4.69, 9.17) is 34.6 Å². The van der Waals surface area contributed by atoms with E-state index in [9.17, 15) is 0 Å². The number of aromatic nitrogens is 2. The Morgan fingerprint density at radius 3 is 2.60 bits per heavy atom. The van der Waals surface area contributed by atoms with Gasteiger partial charge in [0.25, 0.3) is 0 Å². The minimum absolute atomic E-state index is 0.279. The summed E-state index contributed by atoms with van der Waals surface area (Å²) in [4.78, 5) is 10.0. The number of ether oxygens (including phenoxy) is 4. The number of morpholine rings is 1. The molecular formula is C22H27N4O4+. The average Bonchev–Trinajstić information content (AvgIpc) is 2.81. The molecule has 2 aromatic rings. The van der Waals surface area contributed by atoms with E-state index in [-0.39, 0.29) is 6.54 Å². The van der Waals surface area contributed by atoms with Crippen molar-refractivity contribution >= 4 is 22.5 Å². The van der Waals surface area contributed by atoms with Gasteiger partial charge in [0, 0.05) is 37.8 Å². The van der Waals surface area contributed by atoms with Crippen LogP contribution < -0.4 is 10.2 Å². The number of hydrogen-bond donors (Lipinski definition) is 1. The predicted molar refractivity (Wildman–Crippen MR) is 113 cm³/mol. The Labute approximate surface area is 175 Å². The van der Waals surface area contributed by atoms with E-state index in [1.165, 1.54) is 5.69 Å². The molecule has 0 radical (unpaired) electrons. The SMILES string of the molecule is COC1=CC(OC)=C(CN)C(OC)(c2nc3nc4cccc(c24)[N+]32CCOCC2)C1. The van der Waals surface area contributed by atoms with Crippen LogP contribution in [0.4, 0.5) is 11.6 Å². The summed E-state index contributed by atoms with van der Waals surface area (Å²) >= 11 is 0. The van der Waals surface area contributed by atoms with Gasteiger partial charge in [0.1, 0.15) is 35.9 Å². The van der Waals surface area contributed by atoms with Crippen LogP contribution in [0.2, 0.25) is 0 Å². The third kappa shape index (κ3) is 2.42. The maximum absolute atomic E-state index is 6.24. The molecule has 30 heavy (non-hydrogen) atoms. The zero-order valence-electron chi connectivity index (χ0n) is 17.6. The number of benzene rings is 1. The molecule has 6 rings (SSSR count). The zero-order chi connectivity index (χ0) is 20.9. The van der Waals surface area contributed by atoms with Crippen LogP contribution in [-0.4, -0.2) is 64.1 Å². The number of allylic oxidation sites excluding steroid dienone is 1. The first kappa shape index (κ1) is 19.4. The molecule has 4 aliphatic rings. The zero-order valence-corrected chi connectivity index (χ0v) is 17.6. The molecular weight excluding hydrogens is 384 g/mol. The Morgan fingerprint density at radius 2 is 1.93 bits per heavy atom. The number of quaternary nitrogens is 1. The van der Waals surface area contributed by atoms with Crippen LogP contribution in [0, 0.1) is 0 Å². The monoisotopic (exact) mass is 411 g/mol. The number of rotatable bonds is 5. The van der Waals surface area contributed by atoms with Gasteiger partial charge in [-0.25, -0.2) is 4.48 Å². The van der Waals surface area contributed by atoms with Gasteiger partial charge in [0.2, 0.25) is 0 Å². The van der Waals surface area contributed by atoms with Gasteiger partial charge in [-0.3, -0.25) is 0 Å². The summed E-state index contributed by atoms with van der Waals surface area (Å²) in [6.45, 7) is 3.28. The van der Waals surface area contributed by atoms with Crippen LogP contribution in [0.15, 0.2) is 41.4 Å². The third-order valence-corrected chi connectivity index (χ3v) is 6.69. The molecule has 1 aromatic carbocycles. The molecule has 1 atom stereocenters. The van der Waals surface area contributed by atoms with Crippen molar-refractivity contribution in [3.8, 4) is 0 Å². The van der Waals surface area contributed by atoms with Crippen molar-refractivity contribution in [2.75, 3.05) is 54.2 Å². The number of hydrogen-bond acceptors (Lipinski definition) is 7. The smallest absolute Gasteiger partial charge is 0.335 e. The number of methoxy groups -OCH3 is 3. The molecule has 3 aliphatic heterocycles. The molecule has 158 valence electrons. The maximum Gasteiger partial charge on any atom is 0.335 e. The lowest BCUT2D eigenvalue weighted by molar-refractivity contribution is -0.00365. The van der Waals surface area contributed by atoms with E-state index >= 15 is 0 Å². The molecule has 1 aliphatic carbocycles. The average molecular weight is 411 g/mol. The topological polar surface area (TPSA) is 88.7 Å². The van der Waals surface area contributed by atoms with Crippen LogP contribution in [0.5, 0.6) is 0 Å². The molecule has 8 nitrogen and oxygen atoms in total. The maximum atomic E-state index is 6.24. The van der Waals surface area contributed by atoms with Crippen LogP contribution in [0.3, 0.4) is 0 Å². The fourth-order valence-corrected chi connectivity index (χ4v) is 5.13. The highest BCUT2D eigenvalue weighted by Gasteiger charge is 2.52. The Bertz CT molecular complexity index is 1070. The van der Waals surface area contributed by atoms with Gasteiger partial charge in [-0.05, 0) is 6.07 Å². The van der Waals surface area contributed by atoms with Crippen molar-refractivity contribution in [1.82, 2.24) is 14.5 Å². The van der Waals surface area contributed by atoms with E-state index in [2.05, 4.69) is 12.1 Å². The van der Waals surface area contributed by atoms with Crippen LogP contribution in [0.25, 0.3) is 10.9 Å². The molecule has 1 fully saturated rings. The summed E-state index contributed by atoms with van der Waals surface area (Å²) in [6, 6.07) is 6.27. The van der Waals surface area contributed by atoms with E-state index in [0.717, 1.165) is 47.0 Å². The quantitative estimate of drug-likeness (QED) is 0.755. The van der Waals surface area contributed by atoms with Crippen molar-refractivity contribution in [1.29, 1.82) is 0 Å². The molecule has 1 unspecified atom stereocenters.